The van der Waals surface area contributed by atoms with Crippen LogP contribution in [0.4, 0.5) is 0 Å². The average molecular weight is 206 g/mol. The molecular weight excluding hydrogens is 184 g/mol. The topological polar surface area (TPSA) is 17.1 Å². The zero-order valence-corrected chi connectivity index (χ0v) is 9.63. The van der Waals surface area contributed by atoms with Crippen molar-refractivity contribution in [3.8, 4) is 0 Å². The Labute approximate surface area is 92.9 Å². The Bertz CT molecular complexity index is 246. The van der Waals surface area contributed by atoms with Gasteiger partial charge in [-0.1, -0.05) is 30.9 Å². The van der Waals surface area contributed by atoms with Crippen LogP contribution in [0.5, 0.6) is 0 Å². The van der Waals surface area contributed by atoms with Crippen molar-refractivity contribution in [1.82, 2.24) is 0 Å². The van der Waals surface area contributed by atoms with Gasteiger partial charge in [-0.2, -0.15) is 0 Å². The van der Waals surface area contributed by atoms with Gasteiger partial charge in [0.25, 0.3) is 0 Å². The van der Waals surface area contributed by atoms with Crippen molar-refractivity contribution in [2.24, 2.45) is 5.41 Å². The molecule has 1 saturated carbocycles. The lowest BCUT2D eigenvalue weighted by atomic mass is 9.66. The van der Waals surface area contributed by atoms with Crippen molar-refractivity contribution in [2.75, 3.05) is 0 Å². The number of hydrogen-bond donors (Lipinski definition) is 0. The number of carbonyl (C=O) groups is 1. The van der Waals surface area contributed by atoms with Gasteiger partial charge in [0, 0.05) is 6.42 Å². The molecule has 1 nitrogen and oxygen atoms in total. The van der Waals surface area contributed by atoms with Crippen LogP contribution in [-0.4, -0.2) is 6.29 Å². The molecule has 0 radical (unpaired) electrons. The summed E-state index contributed by atoms with van der Waals surface area (Å²) in [5.41, 5.74) is 2.21. The lowest BCUT2D eigenvalue weighted by Crippen LogP contribution is -2.26. The molecule has 0 aromatic heterocycles. The van der Waals surface area contributed by atoms with Crippen LogP contribution in [0.3, 0.4) is 0 Å². The van der Waals surface area contributed by atoms with Gasteiger partial charge in [-0.05, 0) is 43.9 Å². The molecule has 0 aliphatic heterocycles. The molecular formula is C14H22O. The van der Waals surface area contributed by atoms with Gasteiger partial charge in [0.2, 0.25) is 0 Å². The Balaban J connectivity index is 1.88. The van der Waals surface area contributed by atoms with E-state index in [1.165, 1.54) is 51.4 Å². The highest BCUT2D eigenvalue weighted by atomic mass is 16.1. The summed E-state index contributed by atoms with van der Waals surface area (Å²) in [4.78, 5) is 10.3. The summed E-state index contributed by atoms with van der Waals surface area (Å²) in [5, 5.41) is 0. The summed E-state index contributed by atoms with van der Waals surface area (Å²) in [6.07, 6.45) is 16.4. The minimum atomic E-state index is 0.670. The van der Waals surface area contributed by atoms with E-state index < -0.39 is 0 Å². The molecule has 0 aromatic carbocycles. The minimum Gasteiger partial charge on any atom is -0.303 e. The van der Waals surface area contributed by atoms with Gasteiger partial charge in [-0.25, -0.2) is 0 Å². The molecule has 1 heteroatoms. The van der Waals surface area contributed by atoms with Crippen molar-refractivity contribution in [3.63, 3.8) is 0 Å². The average Bonchev–Trinajstić information content (AvgIpc) is 2.30. The Hall–Kier alpha value is -0.590. The summed E-state index contributed by atoms with van der Waals surface area (Å²) in [5.74, 6) is 0. The van der Waals surface area contributed by atoms with E-state index in [0.29, 0.717) is 5.41 Å². The zero-order valence-electron chi connectivity index (χ0n) is 9.63. The van der Waals surface area contributed by atoms with Gasteiger partial charge in [-0.15, -0.1) is 0 Å². The SMILES string of the molecule is O=CCCC1=CCC2(CCCCC2)CC1. The molecule has 2 aliphatic rings. The molecule has 0 bridgehead atoms. The summed E-state index contributed by atoms with van der Waals surface area (Å²) < 4.78 is 0. The molecule has 0 atom stereocenters. The van der Waals surface area contributed by atoms with E-state index in [0.717, 1.165) is 19.1 Å². The standard InChI is InChI=1S/C14H22O/c15-12-4-5-13-6-10-14(11-7-13)8-2-1-3-9-14/h6,12H,1-5,7-11H2. The van der Waals surface area contributed by atoms with E-state index in [1.54, 1.807) is 5.57 Å². The predicted molar refractivity (Wildman–Crippen MR) is 62.8 cm³/mol. The quantitative estimate of drug-likeness (QED) is 0.503. The first-order valence-corrected chi connectivity index (χ1v) is 6.46. The van der Waals surface area contributed by atoms with Gasteiger partial charge < -0.3 is 4.79 Å². The molecule has 0 amide bonds. The maximum atomic E-state index is 10.3. The number of allylic oxidation sites excluding steroid dienone is 2. The van der Waals surface area contributed by atoms with Crippen LogP contribution < -0.4 is 0 Å². The normalized spacial score (nSPS) is 24.9. The molecule has 84 valence electrons. The van der Waals surface area contributed by atoms with Crippen molar-refractivity contribution in [2.45, 2.75) is 64.2 Å². The highest BCUT2D eigenvalue weighted by molar-refractivity contribution is 5.49. The zero-order chi connectivity index (χ0) is 10.6. The number of aldehydes is 1. The lowest BCUT2D eigenvalue weighted by Gasteiger charge is -2.39. The second-order valence-electron chi connectivity index (χ2n) is 5.33. The second-order valence-corrected chi connectivity index (χ2v) is 5.33. The third-order valence-corrected chi connectivity index (χ3v) is 4.30. The molecule has 0 unspecified atom stereocenters. The Kier molecular flexibility index (Phi) is 3.61. The second kappa shape index (κ2) is 4.96. The van der Waals surface area contributed by atoms with Crippen LogP contribution in [-0.2, 0) is 4.79 Å². The maximum absolute atomic E-state index is 10.3. The van der Waals surface area contributed by atoms with Crippen molar-refractivity contribution >= 4 is 6.29 Å². The molecule has 0 heterocycles. The molecule has 0 aromatic rings. The molecule has 2 rings (SSSR count). The molecule has 2 aliphatic carbocycles. The summed E-state index contributed by atoms with van der Waals surface area (Å²) in [7, 11) is 0. The molecule has 1 fully saturated rings. The smallest absolute Gasteiger partial charge is 0.120 e. The van der Waals surface area contributed by atoms with E-state index in [4.69, 9.17) is 0 Å². The van der Waals surface area contributed by atoms with Gasteiger partial charge in [0.1, 0.15) is 6.29 Å². The van der Waals surface area contributed by atoms with Crippen LogP contribution in [0.1, 0.15) is 64.2 Å². The summed E-state index contributed by atoms with van der Waals surface area (Å²) >= 11 is 0. The van der Waals surface area contributed by atoms with Gasteiger partial charge in [0.05, 0.1) is 0 Å². The third-order valence-electron chi connectivity index (χ3n) is 4.30. The van der Waals surface area contributed by atoms with Crippen LogP contribution in [0.25, 0.3) is 0 Å². The van der Waals surface area contributed by atoms with Gasteiger partial charge >= 0.3 is 0 Å². The summed E-state index contributed by atoms with van der Waals surface area (Å²) in [6.45, 7) is 0. The monoisotopic (exact) mass is 206 g/mol. The predicted octanol–water partition coefficient (Wildman–Crippen LogP) is 4.03. The van der Waals surface area contributed by atoms with E-state index in [2.05, 4.69) is 6.08 Å². The molecule has 0 N–H and O–H groups in total. The maximum Gasteiger partial charge on any atom is 0.120 e. The van der Waals surface area contributed by atoms with E-state index in [1.807, 2.05) is 0 Å². The van der Waals surface area contributed by atoms with Crippen molar-refractivity contribution in [3.05, 3.63) is 11.6 Å². The van der Waals surface area contributed by atoms with Gasteiger partial charge in [-0.3, -0.25) is 0 Å². The fourth-order valence-corrected chi connectivity index (χ4v) is 3.22. The van der Waals surface area contributed by atoms with Crippen LogP contribution >= 0.6 is 0 Å². The van der Waals surface area contributed by atoms with Crippen molar-refractivity contribution in [1.29, 1.82) is 0 Å². The van der Waals surface area contributed by atoms with E-state index in [-0.39, 0.29) is 0 Å². The first-order chi connectivity index (χ1) is 7.35. The van der Waals surface area contributed by atoms with E-state index >= 15 is 0 Å². The van der Waals surface area contributed by atoms with Crippen molar-refractivity contribution < 1.29 is 4.79 Å². The summed E-state index contributed by atoms with van der Waals surface area (Å²) in [6, 6.07) is 0. The number of hydrogen-bond acceptors (Lipinski definition) is 1. The number of carbonyl (C=O) groups excluding carboxylic acids is 1. The number of rotatable bonds is 3. The first kappa shape index (κ1) is 10.9. The molecule has 15 heavy (non-hydrogen) atoms. The van der Waals surface area contributed by atoms with Crippen LogP contribution in [0.15, 0.2) is 11.6 Å². The van der Waals surface area contributed by atoms with E-state index in [9.17, 15) is 4.79 Å². The minimum absolute atomic E-state index is 0.670. The largest absolute Gasteiger partial charge is 0.303 e. The molecule has 1 spiro atoms. The Morgan fingerprint density at radius 2 is 2.00 bits per heavy atom. The van der Waals surface area contributed by atoms with Crippen LogP contribution in [0.2, 0.25) is 0 Å². The lowest BCUT2D eigenvalue weighted by molar-refractivity contribution is -0.107. The highest BCUT2D eigenvalue weighted by Crippen LogP contribution is 2.47. The fourth-order valence-electron chi connectivity index (χ4n) is 3.22. The Morgan fingerprint density at radius 1 is 1.20 bits per heavy atom. The molecule has 0 saturated heterocycles. The van der Waals surface area contributed by atoms with Gasteiger partial charge in [0.15, 0.2) is 0 Å². The highest BCUT2D eigenvalue weighted by Gasteiger charge is 2.32. The van der Waals surface area contributed by atoms with Crippen LogP contribution in [0, 0.1) is 5.41 Å². The Morgan fingerprint density at radius 3 is 2.60 bits per heavy atom. The third kappa shape index (κ3) is 2.70. The first-order valence-electron chi connectivity index (χ1n) is 6.46. The fraction of sp³-hybridized carbons (Fsp3) is 0.786.